The summed E-state index contributed by atoms with van der Waals surface area (Å²) in [7, 11) is 0. The van der Waals surface area contributed by atoms with Crippen LogP contribution in [-0.2, 0) is 17.6 Å². The number of fused-ring (bicyclic) bond motifs is 1. The van der Waals surface area contributed by atoms with Crippen molar-refractivity contribution in [3.05, 3.63) is 32.4 Å². The predicted octanol–water partition coefficient (Wildman–Crippen LogP) is 2.28. The van der Waals surface area contributed by atoms with Crippen molar-refractivity contribution in [2.45, 2.75) is 43.0 Å². The Balaban J connectivity index is 1.75. The number of anilines is 2. The third kappa shape index (κ3) is 3.86. The quantitative estimate of drug-likeness (QED) is 0.556. The van der Waals surface area contributed by atoms with Gasteiger partial charge in [0.15, 0.2) is 5.16 Å². The van der Waals surface area contributed by atoms with Crippen LogP contribution in [0, 0.1) is 11.3 Å². The fourth-order valence-electron chi connectivity index (χ4n) is 2.72. The van der Waals surface area contributed by atoms with E-state index in [1.165, 1.54) is 22.3 Å². The molecule has 2 aromatic heterocycles. The van der Waals surface area contributed by atoms with E-state index in [1.807, 2.05) is 0 Å². The summed E-state index contributed by atoms with van der Waals surface area (Å²) in [5.74, 6) is -0.137. The van der Waals surface area contributed by atoms with Gasteiger partial charge >= 0.3 is 0 Å². The Hall–Kier alpha value is -2.31. The van der Waals surface area contributed by atoms with Crippen molar-refractivity contribution < 1.29 is 4.79 Å². The number of thiophene rings is 1. The highest BCUT2D eigenvalue weighted by Crippen LogP contribution is 2.38. The number of aromatic amines is 1. The maximum Gasteiger partial charge on any atom is 0.253 e. The number of nitrogen functional groups attached to an aromatic ring is 1. The van der Waals surface area contributed by atoms with Gasteiger partial charge in [0.25, 0.3) is 5.56 Å². The van der Waals surface area contributed by atoms with Crippen LogP contribution in [0.3, 0.4) is 0 Å². The monoisotopic (exact) mass is 375 g/mol. The molecule has 0 radical (unpaired) electrons. The molecule has 1 aliphatic rings. The minimum absolute atomic E-state index is 0.108. The number of thioether (sulfide) groups is 1. The van der Waals surface area contributed by atoms with Gasteiger partial charge in [0.2, 0.25) is 5.91 Å². The van der Waals surface area contributed by atoms with E-state index in [2.05, 4.69) is 21.4 Å². The molecule has 0 saturated heterocycles. The summed E-state index contributed by atoms with van der Waals surface area (Å²) in [4.78, 5) is 31.7. The zero-order valence-corrected chi connectivity index (χ0v) is 15.2. The number of aryl methyl sites for hydroxylation is 1. The lowest BCUT2D eigenvalue weighted by molar-refractivity contribution is -0.115. The van der Waals surface area contributed by atoms with Crippen molar-refractivity contribution >= 4 is 39.8 Å². The summed E-state index contributed by atoms with van der Waals surface area (Å²) in [6.45, 7) is 1.71. The molecule has 1 aliphatic carbocycles. The van der Waals surface area contributed by atoms with Crippen LogP contribution in [0.15, 0.2) is 16.0 Å². The number of amides is 1. The molecule has 2 aromatic rings. The van der Waals surface area contributed by atoms with Gasteiger partial charge in [0.1, 0.15) is 16.9 Å². The SMILES string of the molecule is C[C@@H](Sc1nc(N)cc(=O)[nH]1)C(=O)Nc1sc2c(c1C#N)CCCC2. The number of nitriles is 1. The zero-order chi connectivity index (χ0) is 18.0. The molecule has 0 aromatic carbocycles. The Morgan fingerprint density at radius 2 is 2.28 bits per heavy atom. The van der Waals surface area contributed by atoms with E-state index in [0.717, 1.165) is 43.0 Å². The molecule has 4 N–H and O–H groups in total. The number of nitrogens with one attached hydrogen (secondary N) is 2. The highest BCUT2D eigenvalue weighted by Gasteiger charge is 2.24. The van der Waals surface area contributed by atoms with E-state index in [-0.39, 0.29) is 17.3 Å². The van der Waals surface area contributed by atoms with Gasteiger partial charge in [0, 0.05) is 10.9 Å². The van der Waals surface area contributed by atoms with Crippen LogP contribution in [0.25, 0.3) is 0 Å². The van der Waals surface area contributed by atoms with Crippen molar-refractivity contribution in [2.75, 3.05) is 11.1 Å². The molecule has 25 heavy (non-hydrogen) atoms. The fraction of sp³-hybridized carbons (Fsp3) is 0.375. The van der Waals surface area contributed by atoms with Crippen LogP contribution in [0.2, 0.25) is 0 Å². The summed E-state index contributed by atoms with van der Waals surface area (Å²) >= 11 is 2.60. The van der Waals surface area contributed by atoms with E-state index >= 15 is 0 Å². The summed E-state index contributed by atoms with van der Waals surface area (Å²) in [6, 6.07) is 3.41. The first-order valence-electron chi connectivity index (χ1n) is 7.87. The molecule has 0 fully saturated rings. The first-order chi connectivity index (χ1) is 12.0. The molecule has 3 rings (SSSR count). The summed E-state index contributed by atoms with van der Waals surface area (Å²) in [6.07, 6.45) is 4.05. The van der Waals surface area contributed by atoms with E-state index in [4.69, 9.17) is 5.73 Å². The fourth-order valence-corrected chi connectivity index (χ4v) is 4.78. The van der Waals surface area contributed by atoms with Gasteiger partial charge in [0.05, 0.1) is 10.8 Å². The molecule has 0 bridgehead atoms. The Labute approximate surface area is 152 Å². The zero-order valence-electron chi connectivity index (χ0n) is 13.6. The lowest BCUT2D eigenvalue weighted by Gasteiger charge is -2.11. The van der Waals surface area contributed by atoms with Gasteiger partial charge in [-0.05, 0) is 38.2 Å². The first-order valence-corrected chi connectivity index (χ1v) is 9.56. The molecule has 9 heteroatoms. The van der Waals surface area contributed by atoms with Gasteiger partial charge in [-0.2, -0.15) is 5.26 Å². The van der Waals surface area contributed by atoms with Crippen LogP contribution in [-0.4, -0.2) is 21.1 Å². The largest absolute Gasteiger partial charge is 0.383 e. The van der Waals surface area contributed by atoms with Crippen LogP contribution >= 0.6 is 23.1 Å². The first kappa shape index (κ1) is 17.5. The van der Waals surface area contributed by atoms with Crippen molar-refractivity contribution in [2.24, 2.45) is 0 Å². The van der Waals surface area contributed by atoms with E-state index in [1.54, 1.807) is 6.92 Å². The van der Waals surface area contributed by atoms with Crippen molar-refractivity contribution in [1.29, 1.82) is 5.26 Å². The van der Waals surface area contributed by atoms with E-state index in [0.29, 0.717) is 15.7 Å². The summed E-state index contributed by atoms with van der Waals surface area (Å²) < 4.78 is 0. The smallest absolute Gasteiger partial charge is 0.253 e. The normalized spacial score (nSPS) is 14.4. The number of nitrogens with zero attached hydrogens (tertiary/aromatic N) is 2. The van der Waals surface area contributed by atoms with Crippen LogP contribution in [0.1, 0.15) is 35.8 Å². The van der Waals surface area contributed by atoms with Gasteiger partial charge in [-0.25, -0.2) is 4.98 Å². The average Bonchev–Trinajstić information content (AvgIpc) is 2.90. The van der Waals surface area contributed by atoms with E-state index in [9.17, 15) is 14.9 Å². The topological polar surface area (TPSA) is 125 Å². The Kier molecular flexibility index (Phi) is 5.11. The van der Waals surface area contributed by atoms with Crippen LogP contribution in [0.4, 0.5) is 10.8 Å². The second kappa shape index (κ2) is 7.29. The number of nitrogens with two attached hydrogens (primary N) is 1. The Bertz CT molecular complexity index is 912. The molecule has 2 heterocycles. The van der Waals surface area contributed by atoms with Crippen molar-refractivity contribution in [3.8, 4) is 6.07 Å². The van der Waals surface area contributed by atoms with Gasteiger partial charge in [-0.3, -0.25) is 9.59 Å². The molecule has 0 saturated carbocycles. The standard InChI is InChI=1S/C16H17N5O2S2/c1-8(24-16-19-12(18)6-13(22)20-16)14(23)21-15-10(7-17)9-4-2-3-5-11(9)25-15/h6,8H,2-5H2,1H3,(H,21,23)(H3,18,19,20,22)/t8-/m1/s1. The highest BCUT2D eigenvalue weighted by atomic mass is 32.2. The van der Waals surface area contributed by atoms with Gasteiger partial charge in [-0.1, -0.05) is 11.8 Å². The third-order valence-corrected chi connectivity index (χ3v) is 6.11. The molecule has 0 unspecified atom stereocenters. The van der Waals surface area contributed by atoms with Crippen molar-refractivity contribution in [1.82, 2.24) is 9.97 Å². The highest BCUT2D eigenvalue weighted by molar-refractivity contribution is 8.00. The number of carbonyl (C=O) groups is 1. The predicted molar refractivity (Wildman–Crippen MR) is 98.9 cm³/mol. The van der Waals surface area contributed by atoms with Gasteiger partial charge in [-0.15, -0.1) is 11.3 Å². The molecule has 1 amide bonds. The molecular weight excluding hydrogens is 358 g/mol. The summed E-state index contributed by atoms with van der Waals surface area (Å²) in [5.41, 5.74) is 6.85. The van der Waals surface area contributed by atoms with E-state index < -0.39 is 5.25 Å². The average molecular weight is 375 g/mol. The molecule has 0 aliphatic heterocycles. The molecule has 1 atom stereocenters. The number of rotatable bonds is 4. The number of aromatic nitrogens is 2. The number of hydrogen-bond donors (Lipinski definition) is 3. The Morgan fingerprint density at radius 1 is 1.52 bits per heavy atom. The molecular formula is C16H17N5O2S2. The summed E-state index contributed by atoms with van der Waals surface area (Å²) in [5, 5.41) is 12.7. The lowest BCUT2D eigenvalue weighted by Crippen LogP contribution is -2.23. The second-order valence-electron chi connectivity index (χ2n) is 5.75. The van der Waals surface area contributed by atoms with Gasteiger partial charge < -0.3 is 16.0 Å². The third-order valence-electron chi connectivity index (χ3n) is 3.92. The van der Waals surface area contributed by atoms with Crippen molar-refractivity contribution in [3.63, 3.8) is 0 Å². The minimum atomic E-state index is -0.504. The van der Waals surface area contributed by atoms with Crippen LogP contribution in [0.5, 0.6) is 0 Å². The maximum atomic E-state index is 12.5. The van der Waals surface area contributed by atoms with Crippen LogP contribution < -0.4 is 16.6 Å². The lowest BCUT2D eigenvalue weighted by atomic mass is 9.96. The number of hydrogen-bond acceptors (Lipinski definition) is 7. The molecule has 130 valence electrons. The number of H-pyrrole nitrogens is 1. The maximum absolute atomic E-state index is 12.5. The number of carbonyl (C=O) groups excluding carboxylic acids is 1. The Morgan fingerprint density at radius 3 is 3.00 bits per heavy atom. The molecule has 0 spiro atoms. The molecule has 7 nitrogen and oxygen atoms in total. The second-order valence-corrected chi connectivity index (χ2v) is 8.19. The minimum Gasteiger partial charge on any atom is -0.383 e.